The van der Waals surface area contributed by atoms with Crippen molar-refractivity contribution in [3.05, 3.63) is 35.9 Å². The van der Waals surface area contributed by atoms with Crippen molar-refractivity contribution in [2.24, 2.45) is 16.7 Å². The first-order chi connectivity index (χ1) is 10.5. The molecule has 0 saturated heterocycles. The Morgan fingerprint density at radius 3 is 2.45 bits per heavy atom. The van der Waals surface area contributed by atoms with E-state index in [1.807, 2.05) is 30.3 Å². The van der Waals surface area contributed by atoms with Crippen LogP contribution in [0.3, 0.4) is 0 Å². The number of aliphatic carboxylic acids is 1. The molecule has 22 heavy (non-hydrogen) atoms. The molecule has 0 unspecified atom stereocenters. The standard InChI is InChI=1S/C19H24O3/c1-18-10-5-6-11-19(18,17(21)22)13-15(9-12-18)16(20)14-7-3-2-4-8-14/h2-4,7-8,15H,5-6,9-13H2,1H3,(H,21,22)/t15-,18-,19-/m1/s1. The Kier molecular flexibility index (Phi) is 3.84. The molecule has 3 atom stereocenters. The van der Waals surface area contributed by atoms with Gasteiger partial charge in [0.25, 0.3) is 0 Å². The SMILES string of the molecule is C[C@]12CCCC[C@]1(C(=O)O)C[C@H](C(=O)c1ccccc1)CC2. The maximum atomic E-state index is 12.8. The molecule has 0 amide bonds. The zero-order valence-electron chi connectivity index (χ0n) is 13.2. The van der Waals surface area contributed by atoms with Crippen LogP contribution in [0.4, 0.5) is 0 Å². The van der Waals surface area contributed by atoms with E-state index < -0.39 is 11.4 Å². The van der Waals surface area contributed by atoms with Gasteiger partial charge in [-0.2, -0.15) is 0 Å². The summed E-state index contributed by atoms with van der Waals surface area (Å²) in [4.78, 5) is 24.9. The number of carbonyl (C=O) groups is 2. The van der Waals surface area contributed by atoms with Gasteiger partial charge >= 0.3 is 5.97 Å². The Bertz CT molecular complexity index is 580. The number of hydrogen-bond donors (Lipinski definition) is 1. The van der Waals surface area contributed by atoms with E-state index in [4.69, 9.17) is 0 Å². The molecule has 0 heterocycles. The van der Waals surface area contributed by atoms with Gasteiger partial charge in [0.05, 0.1) is 5.41 Å². The summed E-state index contributed by atoms with van der Waals surface area (Å²) >= 11 is 0. The van der Waals surface area contributed by atoms with Crippen molar-refractivity contribution in [1.29, 1.82) is 0 Å². The van der Waals surface area contributed by atoms with Crippen LogP contribution in [0, 0.1) is 16.7 Å². The fourth-order valence-corrected chi connectivity index (χ4v) is 4.73. The summed E-state index contributed by atoms with van der Waals surface area (Å²) in [6.45, 7) is 2.13. The van der Waals surface area contributed by atoms with Gasteiger partial charge in [-0.15, -0.1) is 0 Å². The first kappa shape index (κ1) is 15.3. The number of fused-ring (bicyclic) bond motifs is 1. The lowest BCUT2D eigenvalue weighted by molar-refractivity contribution is -0.169. The molecule has 2 aliphatic rings. The van der Waals surface area contributed by atoms with E-state index in [1.54, 1.807) is 0 Å². The summed E-state index contributed by atoms with van der Waals surface area (Å²) in [5, 5.41) is 9.95. The fraction of sp³-hybridized carbons (Fsp3) is 0.579. The van der Waals surface area contributed by atoms with Crippen LogP contribution in [0.2, 0.25) is 0 Å². The molecule has 0 aromatic heterocycles. The van der Waals surface area contributed by atoms with E-state index in [0.717, 1.165) is 38.5 Å². The second-order valence-corrected chi connectivity index (χ2v) is 7.33. The van der Waals surface area contributed by atoms with Gasteiger partial charge in [-0.3, -0.25) is 9.59 Å². The molecule has 1 aromatic carbocycles. The topological polar surface area (TPSA) is 54.4 Å². The second-order valence-electron chi connectivity index (χ2n) is 7.33. The van der Waals surface area contributed by atoms with Crippen LogP contribution in [0.5, 0.6) is 0 Å². The van der Waals surface area contributed by atoms with Crippen molar-refractivity contribution in [3.63, 3.8) is 0 Å². The van der Waals surface area contributed by atoms with E-state index in [1.165, 1.54) is 0 Å². The number of benzene rings is 1. The fourth-order valence-electron chi connectivity index (χ4n) is 4.73. The third-order valence-corrected chi connectivity index (χ3v) is 6.22. The first-order valence-electron chi connectivity index (χ1n) is 8.31. The van der Waals surface area contributed by atoms with Gasteiger partial charge in [-0.1, -0.05) is 50.1 Å². The maximum Gasteiger partial charge on any atom is 0.310 e. The second kappa shape index (κ2) is 5.53. The molecule has 2 saturated carbocycles. The summed E-state index contributed by atoms with van der Waals surface area (Å²) < 4.78 is 0. The predicted molar refractivity (Wildman–Crippen MR) is 84.8 cm³/mol. The minimum atomic E-state index is -0.710. The van der Waals surface area contributed by atoms with Crippen molar-refractivity contribution in [2.45, 2.75) is 51.9 Å². The Morgan fingerprint density at radius 1 is 1.09 bits per heavy atom. The monoisotopic (exact) mass is 300 g/mol. The van der Waals surface area contributed by atoms with E-state index in [2.05, 4.69) is 6.92 Å². The van der Waals surface area contributed by atoms with Crippen LogP contribution in [0.1, 0.15) is 62.2 Å². The molecule has 0 spiro atoms. The number of ketones is 1. The van der Waals surface area contributed by atoms with Crippen molar-refractivity contribution < 1.29 is 14.7 Å². The Morgan fingerprint density at radius 2 is 1.77 bits per heavy atom. The molecule has 0 aliphatic heterocycles. The highest BCUT2D eigenvalue weighted by Gasteiger charge is 2.58. The third-order valence-electron chi connectivity index (χ3n) is 6.22. The molecule has 2 aliphatic carbocycles. The van der Waals surface area contributed by atoms with Crippen molar-refractivity contribution >= 4 is 11.8 Å². The Balaban J connectivity index is 1.89. The number of carboxylic acid groups (broad SMARTS) is 1. The van der Waals surface area contributed by atoms with E-state index in [9.17, 15) is 14.7 Å². The summed E-state index contributed by atoms with van der Waals surface area (Å²) in [5.41, 5.74) is -0.143. The molecule has 0 radical (unpaired) electrons. The maximum absolute atomic E-state index is 12.8. The first-order valence-corrected chi connectivity index (χ1v) is 8.31. The average Bonchev–Trinajstić information content (AvgIpc) is 2.54. The number of carboxylic acids is 1. The molecule has 3 rings (SSSR count). The Labute approximate surface area is 131 Å². The van der Waals surface area contributed by atoms with Crippen LogP contribution in [-0.4, -0.2) is 16.9 Å². The van der Waals surface area contributed by atoms with E-state index >= 15 is 0 Å². The van der Waals surface area contributed by atoms with Gasteiger partial charge in [-0.05, 0) is 37.5 Å². The van der Waals surface area contributed by atoms with E-state index in [-0.39, 0.29) is 17.1 Å². The minimum Gasteiger partial charge on any atom is -0.481 e. The van der Waals surface area contributed by atoms with Gasteiger partial charge in [-0.25, -0.2) is 0 Å². The average molecular weight is 300 g/mol. The zero-order chi connectivity index (χ0) is 15.8. The number of rotatable bonds is 3. The predicted octanol–water partition coefficient (Wildman–Crippen LogP) is 4.32. The van der Waals surface area contributed by atoms with Gasteiger partial charge in [0.1, 0.15) is 0 Å². The summed E-state index contributed by atoms with van der Waals surface area (Å²) in [5.74, 6) is -0.723. The number of Topliss-reactive ketones (excluding diaryl/α,β-unsaturated/α-hetero) is 1. The highest BCUT2D eigenvalue weighted by atomic mass is 16.4. The summed E-state index contributed by atoms with van der Waals surface area (Å²) in [7, 11) is 0. The van der Waals surface area contributed by atoms with E-state index in [0.29, 0.717) is 12.0 Å². The van der Waals surface area contributed by atoms with Crippen molar-refractivity contribution in [2.75, 3.05) is 0 Å². The normalized spacial score (nSPS) is 34.7. The van der Waals surface area contributed by atoms with Crippen molar-refractivity contribution in [3.8, 4) is 0 Å². The highest BCUT2D eigenvalue weighted by molar-refractivity contribution is 5.98. The lowest BCUT2D eigenvalue weighted by Crippen LogP contribution is -2.53. The third kappa shape index (κ3) is 2.27. The van der Waals surface area contributed by atoms with Crippen LogP contribution >= 0.6 is 0 Å². The minimum absolute atomic E-state index is 0.119. The van der Waals surface area contributed by atoms with Crippen LogP contribution < -0.4 is 0 Å². The van der Waals surface area contributed by atoms with Gasteiger partial charge in [0.15, 0.2) is 5.78 Å². The lowest BCUT2D eigenvalue weighted by Gasteiger charge is -2.54. The van der Waals surface area contributed by atoms with Crippen LogP contribution in [0.15, 0.2) is 30.3 Å². The van der Waals surface area contributed by atoms with Crippen LogP contribution in [-0.2, 0) is 4.79 Å². The summed E-state index contributed by atoms with van der Waals surface area (Å²) in [6, 6.07) is 9.31. The van der Waals surface area contributed by atoms with Crippen molar-refractivity contribution in [1.82, 2.24) is 0 Å². The molecular weight excluding hydrogens is 276 g/mol. The quantitative estimate of drug-likeness (QED) is 0.846. The van der Waals surface area contributed by atoms with Gasteiger partial charge in [0, 0.05) is 11.5 Å². The lowest BCUT2D eigenvalue weighted by atomic mass is 9.48. The molecule has 2 fully saturated rings. The highest BCUT2D eigenvalue weighted by Crippen LogP contribution is 2.60. The molecule has 118 valence electrons. The zero-order valence-corrected chi connectivity index (χ0v) is 13.2. The molecule has 1 N–H and O–H groups in total. The molecule has 0 bridgehead atoms. The van der Waals surface area contributed by atoms with Gasteiger partial charge in [0.2, 0.25) is 0 Å². The largest absolute Gasteiger partial charge is 0.481 e. The van der Waals surface area contributed by atoms with Crippen LogP contribution in [0.25, 0.3) is 0 Å². The molecule has 3 heteroatoms. The molecule has 1 aromatic rings. The van der Waals surface area contributed by atoms with Gasteiger partial charge < -0.3 is 5.11 Å². The molecular formula is C19H24O3. The number of carbonyl (C=O) groups excluding carboxylic acids is 1. The summed E-state index contributed by atoms with van der Waals surface area (Å²) in [6.07, 6.45) is 5.95. The number of hydrogen-bond acceptors (Lipinski definition) is 2. The smallest absolute Gasteiger partial charge is 0.310 e. The molecule has 3 nitrogen and oxygen atoms in total. The Hall–Kier alpha value is -1.64.